The van der Waals surface area contributed by atoms with E-state index in [1.165, 1.54) is 0 Å². The number of fused-ring (bicyclic) bond motifs is 2. The highest BCUT2D eigenvalue weighted by Crippen LogP contribution is 2.51. The molecule has 2 aliphatic rings. The van der Waals surface area contributed by atoms with Gasteiger partial charge in [-0.25, -0.2) is 4.98 Å². The molecule has 25 heavy (non-hydrogen) atoms. The van der Waals surface area contributed by atoms with Crippen LogP contribution in [-0.4, -0.2) is 49.5 Å². The number of rotatable bonds is 2. The molecule has 0 saturated carbocycles. The van der Waals surface area contributed by atoms with Crippen LogP contribution in [0.15, 0.2) is 6.20 Å². The van der Waals surface area contributed by atoms with Crippen LogP contribution in [0.1, 0.15) is 24.8 Å². The van der Waals surface area contributed by atoms with Crippen LogP contribution in [0, 0.1) is 12.3 Å². The van der Waals surface area contributed by atoms with Gasteiger partial charge < -0.3 is 24.9 Å². The first kappa shape index (κ1) is 16.9. The van der Waals surface area contributed by atoms with Crippen molar-refractivity contribution in [3.63, 3.8) is 0 Å². The van der Waals surface area contributed by atoms with E-state index in [0.717, 1.165) is 0 Å². The number of halogens is 1. The molecular formula is C16H17ClN4O3S. The van der Waals surface area contributed by atoms with Crippen LogP contribution in [0.3, 0.4) is 0 Å². The molecule has 3 N–H and O–H groups in total. The first-order valence-corrected chi connectivity index (χ1v) is 9.09. The van der Waals surface area contributed by atoms with Gasteiger partial charge in [0, 0.05) is 6.20 Å². The standard InChI is InChI=1S/C16H17ClN4O3S/c1-4-7-5-21(13-9(7)12(18)19-15(17)20-13)14-11-10(8(6-22)25-14)23-16(2,3)24-11/h1,5,8,10-11,14,22H,6H2,2-3H3,(H2,18,19,20)/t8-,10+,11+,14-/m1/s1. The van der Waals surface area contributed by atoms with Crippen LogP contribution in [-0.2, 0) is 9.47 Å². The Morgan fingerprint density at radius 3 is 2.84 bits per heavy atom. The predicted octanol–water partition coefficient (Wildman–Crippen LogP) is 1.77. The van der Waals surface area contributed by atoms with Crippen molar-refractivity contribution >= 4 is 40.2 Å². The second-order valence-corrected chi connectivity index (χ2v) is 8.18. The Labute approximate surface area is 153 Å². The highest BCUT2D eigenvalue weighted by atomic mass is 35.5. The SMILES string of the molecule is C#Cc1cn([C@@H]2S[C@H](CO)[C@@H]3OC(C)(C)O[C@@H]32)c2nc(Cl)nc(N)c12. The zero-order valence-corrected chi connectivity index (χ0v) is 15.2. The molecule has 9 heteroatoms. The van der Waals surface area contributed by atoms with Crippen molar-refractivity contribution in [3.8, 4) is 12.3 Å². The fourth-order valence-electron chi connectivity index (χ4n) is 3.48. The van der Waals surface area contributed by atoms with Crippen molar-refractivity contribution < 1.29 is 14.6 Å². The number of anilines is 1. The Balaban J connectivity index is 1.86. The summed E-state index contributed by atoms with van der Waals surface area (Å²) >= 11 is 7.55. The number of hydrogen-bond donors (Lipinski definition) is 2. The average Bonchev–Trinajstić information content (AvgIpc) is 3.15. The van der Waals surface area contributed by atoms with Crippen LogP contribution >= 0.6 is 23.4 Å². The van der Waals surface area contributed by atoms with E-state index in [0.29, 0.717) is 16.6 Å². The van der Waals surface area contributed by atoms with Crippen molar-refractivity contribution in [1.29, 1.82) is 0 Å². The number of terminal acetylenes is 1. The fourth-order valence-corrected chi connectivity index (χ4v) is 5.12. The molecule has 0 amide bonds. The molecule has 0 aromatic carbocycles. The summed E-state index contributed by atoms with van der Waals surface area (Å²) in [6, 6.07) is 0. The molecule has 0 radical (unpaired) electrons. The van der Waals surface area contributed by atoms with Crippen LogP contribution in [0.5, 0.6) is 0 Å². The Bertz CT molecular complexity index is 894. The van der Waals surface area contributed by atoms with Crippen molar-refractivity contribution in [2.75, 3.05) is 12.3 Å². The normalized spacial score (nSPS) is 30.5. The van der Waals surface area contributed by atoms with E-state index in [1.807, 2.05) is 18.4 Å². The molecule has 0 unspecified atom stereocenters. The largest absolute Gasteiger partial charge is 0.395 e. The minimum atomic E-state index is -0.717. The lowest BCUT2D eigenvalue weighted by molar-refractivity contribution is -0.149. The minimum Gasteiger partial charge on any atom is -0.395 e. The van der Waals surface area contributed by atoms with Crippen molar-refractivity contribution in [3.05, 3.63) is 17.0 Å². The zero-order chi connectivity index (χ0) is 17.9. The molecule has 132 valence electrons. The number of nitrogens with two attached hydrogens (primary N) is 1. The number of ether oxygens (including phenoxy) is 2. The van der Waals surface area contributed by atoms with Crippen LogP contribution in [0.25, 0.3) is 11.0 Å². The van der Waals surface area contributed by atoms with Gasteiger partial charge in [-0.2, -0.15) is 4.98 Å². The van der Waals surface area contributed by atoms with Gasteiger partial charge >= 0.3 is 0 Å². The second kappa shape index (κ2) is 5.76. The van der Waals surface area contributed by atoms with Gasteiger partial charge in [0.05, 0.1) is 22.8 Å². The van der Waals surface area contributed by atoms with Gasteiger partial charge in [0.1, 0.15) is 29.0 Å². The second-order valence-electron chi connectivity index (χ2n) is 6.48. The topological polar surface area (TPSA) is 95.4 Å². The first-order valence-electron chi connectivity index (χ1n) is 7.76. The molecule has 2 aliphatic heterocycles. The average molecular weight is 381 g/mol. The van der Waals surface area contributed by atoms with E-state index in [4.69, 9.17) is 33.2 Å². The van der Waals surface area contributed by atoms with E-state index in [2.05, 4.69) is 15.9 Å². The minimum absolute atomic E-state index is 0.0130. The summed E-state index contributed by atoms with van der Waals surface area (Å²) in [6.45, 7) is 3.71. The van der Waals surface area contributed by atoms with Crippen LogP contribution in [0.4, 0.5) is 5.82 Å². The summed E-state index contributed by atoms with van der Waals surface area (Å²) in [5, 5.41) is 10.1. The zero-order valence-electron chi connectivity index (χ0n) is 13.6. The van der Waals surface area contributed by atoms with E-state index in [-0.39, 0.29) is 40.5 Å². The Morgan fingerprint density at radius 2 is 2.16 bits per heavy atom. The highest BCUT2D eigenvalue weighted by molar-refractivity contribution is 8.00. The number of thioether (sulfide) groups is 1. The Morgan fingerprint density at radius 1 is 1.44 bits per heavy atom. The van der Waals surface area contributed by atoms with Gasteiger partial charge in [0.25, 0.3) is 0 Å². The molecule has 4 rings (SSSR count). The molecule has 4 heterocycles. The summed E-state index contributed by atoms with van der Waals surface area (Å²) in [7, 11) is 0. The summed E-state index contributed by atoms with van der Waals surface area (Å²) in [5.74, 6) is 2.14. The van der Waals surface area contributed by atoms with Gasteiger partial charge in [0.15, 0.2) is 5.79 Å². The summed E-state index contributed by atoms with van der Waals surface area (Å²) < 4.78 is 14.0. The predicted molar refractivity (Wildman–Crippen MR) is 96.2 cm³/mol. The molecule has 4 atom stereocenters. The molecule has 0 spiro atoms. The molecule has 2 aromatic rings. The lowest BCUT2D eigenvalue weighted by Gasteiger charge is -2.23. The Kier molecular flexibility index (Phi) is 3.90. The van der Waals surface area contributed by atoms with Gasteiger partial charge in [0.2, 0.25) is 5.28 Å². The molecule has 0 bridgehead atoms. The van der Waals surface area contributed by atoms with Gasteiger partial charge in [-0.1, -0.05) is 5.92 Å². The number of aliphatic hydroxyl groups excluding tert-OH is 1. The third kappa shape index (κ3) is 2.58. The van der Waals surface area contributed by atoms with E-state index in [9.17, 15) is 5.11 Å². The summed E-state index contributed by atoms with van der Waals surface area (Å²) in [6.07, 6.45) is 6.95. The monoisotopic (exact) mass is 380 g/mol. The lowest BCUT2D eigenvalue weighted by Crippen LogP contribution is -2.30. The number of aliphatic hydroxyl groups is 1. The highest BCUT2D eigenvalue weighted by Gasteiger charge is 2.55. The molecular weight excluding hydrogens is 364 g/mol. The number of aromatic nitrogens is 3. The molecule has 2 fully saturated rings. The van der Waals surface area contributed by atoms with Gasteiger partial charge in [-0.3, -0.25) is 0 Å². The molecule has 0 aliphatic carbocycles. The molecule has 2 saturated heterocycles. The smallest absolute Gasteiger partial charge is 0.226 e. The fraction of sp³-hybridized carbons (Fsp3) is 0.500. The van der Waals surface area contributed by atoms with Gasteiger partial charge in [-0.15, -0.1) is 18.2 Å². The van der Waals surface area contributed by atoms with E-state index >= 15 is 0 Å². The van der Waals surface area contributed by atoms with E-state index in [1.54, 1.807) is 18.0 Å². The van der Waals surface area contributed by atoms with Crippen LogP contribution < -0.4 is 5.73 Å². The number of nitrogens with zero attached hydrogens (tertiary/aromatic N) is 3. The van der Waals surface area contributed by atoms with E-state index < -0.39 is 5.79 Å². The maximum Gasteiger partial charge on any atom is 0.226 e. The third-order valence-corrected chi connectivity index (χ3v) is 6.12. The number of nitrogen functional groups attached to an aromatic ring is 1. The summed E-state index contributed by atoms with van der Waals surface area (Å²) in [5.41, 5.74) is 7.14. The van der Waals surface area contributed by atoms with Crippen molar-refractivity contribution in [2.45, 2.75) is 42.5 Å². The lowest BCUT2D eigenvalue weighted by atomic mass is 10.1. The first-order chi connectivity index (χ1) is 11.8. The van der Waals surface area contributed by atoms with Gasteiger partial charge in [-0.05, 0) is 25.4 Å². The third-order valence-electron chi connectivity index (χ3n) is 4.41. The van der Waals surface area contributed by atoms with Crippen LogP contribution in [0.2, 0.25) is 5.28 Å². The van der Waals surface area contributed by atoms with Crippen molar-refractivity contribution in [2.24, 2.45) is 0 Å². The Hall–Kier alpha value is -1.50. The maximum atomic E-state index is 9.74. The quantitative estimate of drug-likeness (QED) is 0.605. The summed E-state index contributed by atoms with van der Waals surface area (Å²) in [4.78, 5) is 8.31. The maximum absolute atomic E-state index is 9.74. The number of hydrogen-bond acceptors (Lipinski definition) is 7. The molecule has 2 aromatic heterocycles. The molecule has 7 nitrogen and oxygen atoms in total. The van der Waals surface area contributed by atoms with Crippen molar-refractivity contribution in [1.82, 2.24) is 14.5 Å².